The number of nitrogens with zero attached hydrogens (tertiary/aromatic N) is 1. The van der Waals surface area contributed by atoms with Crippen LogP contribution in [0.5, 0.6) is 0 Å². The van der Waals surface area contributed by atoms with Gasteiger partial charge in [0.05, 0.1) is 0 Å². The predicted octanol–water partition coefficient (Wildman–Crippen LogP) is 3.72. The fourth-order valence-corrected chi connectivity index (χ4v) is 3.29. The van der Waals surface area contributed by atoms with Gasteiger partial charge in [0, 0.05) is 24.0 Å². The molecule has 0 amide bonds. The summed E-state index contributed by atoms with van der Waals surface area (Å²) in [6, 6.07) is 18.3. The zero-order chi connectivity index (χ0) is 14.7. The Labute approximate surface area is 131 Å². The summed E-state index contributed by atoms with van der Waals surface area (Å²) in [5.41, 5.74) is 2.45. The number of hydrogen-bond acceptors (Lipinski definition) is 2. The van der Waals surface area contributed by atoms with Crippen LogP contribution in [0.2, 0.25) is 5.02 Å². The number of rotatable bonds is 4. The number of halogens is 1. The third kappa shape index (κ3) is 3.65. The van der Waals surface area contributed by atoms with E-state index >= 15 is 0 Å². The van der Waals surface area contributed by atoms with E-state index in [1.807, 2.05) is 36.4 Å². The second-order valence-corrected chi connectivity index (χ2v) is 6.19. The van der Waals surface area contributed by atoms with Crippen molar-refractivity contribution in [1.82, 2.24) is 4.90 Å². The van der Waals surface area contributed by atoms with Gasteiger partial charge in [0.1, 0.15) is 6.23 Å². The highest BCUT2D eigenvalue weighted by molar-refractivity contribution is 6.30. The number of likely N-dealkylation sites (tertiary alicyclic amines) is 1. The number of hydrogen-bond donors (Lipinski definition) is 1. The lowest BCUT2D eigenvalue weighted by atomic mass is 9.97. The Morgan fingerprint density at radius 3 is 2.57 bits per heavy atom. The maximum atomic E-state index is 10.5. The Morgan fingerprint density at radius 2 is 1.81 bits per heavy atom. The van der Waals surface area contributed by atoms with Crippen LogP contribution in [0.15, 0.2) is 54.6 Å². The van der Waals surface area contributed by atoms with Crippen LogP contribution >= 0.6 is 11.6 Å². The van der Waals surface area contributed by atoms with E-state index in [4.69, 9.17) is 11.6 Å². The van der Waals surface area contributed by atoms with Gasteiger partial charge in [-0.1, -0.05) is 54.1 Å². The molecular formula is C18H20ClNO. The Hall–Kier alpha value is -1.35. The van der Waals surface area contributed by atoms with Gasteiger partial charge in [0.15, 0.2) is 0 Å². The summed E-state index contributed by atoms with van der Waals surface area (Å²) in [5, 5.41) is 11.3. The van der Waals surface area contributed by atoms with Gasteiger partial charge in [0.25, 0.3) is 0 Å². The second-order valence-electron chi connectivity index (χ2n) is 5.75. The Bertz CT molecular complexity index is 587. The molecule has 2 atom stereocenters. The van der Waals surface area contributed by atoms with Crippen molar-refractivity contribution in [2.24, 2.45) is 5.92 Å². The van der Waals surface area contributed by atoms with E-state index in [0.717, 1.165) is 31.0 Å². The first-order chi connectivity index (χ1) is 10.2. The van der Waals surface area contributed by atoms with Crippen LogP contribution in [0.25, 0.3) is 0 Å². The van der Waals surface area contributed by atoms with Gasteiger partial charge in [0.2, 0.25) is 0 Å². The molecule has 0 bridgehead atoms. The van der Waals surface area contributed by atoms with E-state index in [2.05, 4.69) is 23.1 Å². The molecule has 0 radical (unpaired) electrons. The van der Waals surface area contributed by atoms with E-state index < -0.39 is 0 Å². The van der Waals surface area contributed by atoms with E-state index in [1.54, 1.807) is 0 Å². The van der Waals surface area contributed by atoms with Crippen LogP contribution in [0.4, 0.5) is 0 Å². The molecule has 1 N–H and O–H groups in total. The van der Waals surface area contributed by atoms with Gasteiger partial charge < -0.3 is 5.11 Å². The highest BCUT2D eigenvalue weighted by atomic mass is 35.5. The van der Waals surface area contributed by atoms with Crippen molar-refractivity contribution in [3.8, 4) is 0 Å². The minimum atomic E-state index is -0.371. The van der Waals surface area contributed by atoms with E-state index in [0.29, 0.717) is 0 Å². The van der Waals surface area contributed by atoms with Crippen LogP contribution in [-0.2, 0) is 13.0 Å². The summed E-state index contributed by atoms with van der Waals surface area (Å²) in [4.78, 5) is 2.16. The molecule has 1 aliphatic heterocycles. The SMILES string of the molecule is O[C@H]1[C@@H](Cc2cccc(Cl)c2)CCN1Cc1ccccc1. The van der Waals surface area contributed by atoms with Crippen molar-refractivity contribution in [1.29, 1.82) is 0 Å². The summed E-state index contributed by atoms with van der Waals surface area (Å²) in [7, 11) is 0. The molecule has 0 saturated carbocycles. The standard InChI is InChI=1S/C18H20ClNO/c19-17-8-4-7-15(12-17)11-16-9-10-20(18(16)21)13-14-5-2-1-3-6-14/h1-8,12,16,18,21H,9-11,13H2/t16-,18+/m1/s1. The summed E-state index contributed by atoms with van der Waals surface area (Å²) < 4.78 is 0. The zero-order valence-electron chi connectivity index (χ0n) is 12.0. The van der Waals surface area contributed by atoms with Crippen molar-refractivity contribution < 1.29 is 5.11 Å². The molecule has 2 aromatic carbocycles. The average Bonchev–Trinajstić information content (AvgIpc) is 2.82. The van der Waals surface area contributed by atoms with Gasteiger partial charge in [-0.05, 0) is 36.1 Å². The van der Waals surface area contributed by atoms with Crippen LogP contribution in [-0.4, -0.2) is 22.8 Å². The lowest BCUT2D eigenvalue weighted by Gasteiger charge is -2.23. The van der Waals surface area contributed by atoms with Crippen LogP contribution in [0.3, 0.4) is 0 Å². The lowest BCUT2D eigenvalue weighted by molar-refractivity contribution is 0.00298. The van der Waals surface area contributed by atoms with Crippen molar-refractivity contribution in [3.63, 3.8) is 0 Å². The van der Waals surface area contributed by atoms with Gasteiger partial charge in [-0.25, -0.2) is 0 Å². The van der Waals surface area contributed by atoms with E-state index in [-0.39, 0.29) is 12.1 Å². The molecule has 3 rings (SSSR count). The number of benzene rings is 2. The molecule has 1 saturated heterocycles. The Kier molecular flexibility index (Phi) is 4.59. The Morgan fingerprint density at radius 1 is 1.05 bits per heavy atom. The normalized spacial score (nSPS) is 22.6. The summed E-state index contributed by atoms with van der Waals surface area (Å²) >= 11 is 6.03. The third-order valence-corrected chi connectivity index (χ3v) is 4.43. The predicted molar refractivity (Wildman–Crippen MR) is 86.1 cm³/mol. The quantitative estimate of drug-likeness (QED) is 0.930. The number of aliphatic hydroxyl groups is 1. The molecule has 110 valence electrons. The molecule has 0 unspecified atom stereocenters. The van der Waals surface area contributed by atoms with Gasteiger partial charge in [-0.15, -0.1) is 0 Å². The largest absolute Gasteiger partial charge is 0.378 e. The molecule has 21 heavy (non-hydrogen) atoms. The van der Waals surface area contributed by atoms with Gasteiger partial charge in [-0.2, -0.15) is 0 Å². The molecule has 1 heterocycles. The average molecular weight is 302 g/mol. The molecule has 2 aromatic rings. The van der Waals surface area contributed by atoms with Crippen molar-refractivity contribution >= 4 is 11.6 Å². The first-order valence-electron chi connectivity index (χ1n) is 7.43. The van der Waals surface area contributed by atoms with Gasteiger partial charge in [-0.3, -0.25) is 4.90 Å². The summed E-state index contributed by atoms with van der Waals surface area (Å²) in [6.45, 7) is 1.76. The topological polar surface area (TPSA) is 23.5 Å². The number of aliphatic hydroxyl groups excluding tert-OH is 1. The minimum absolute atomic E-state index is 0.284. The van der Waals surface area contributed by atoms with Crippen LogP contribution < -0.4 is 0 Å². The fourth-order valence-electron chi connectivity index (χ4n) is 3.08. The maximum absolute atomic E-state index is 10.5. The molecule has 2 nitrogen and oxygen atoms in total. The molecule has 0 spiro atoms. The van der Waals surface area contributed by atoms with E-state index in [1.165, 1.54) is 11.1 Å². The highest BCUT2D eigenvalue weighted by Gasteiger charge is 2.32. The summed E-state index contributed by atoms with van der Waals surface area (Å²) in [6.07, 6.45) is 1.54. The highest BCUT2D eigenvalue weighted by Crippen LogP contribution is 2.28. The fraction of sp³-hybridized carbons (Fsp3) is 0.333. The van der Waals surface area contributed by atoms with Crippen LogP contribution in [0.1, 0.15) is 17.5 Å². The molecule has 3 heteroatoms. The smallest absolute Gasteiger partial charge is 0.110 e. The third-order valence-electron chi connectivity index (χ3n) is 4.20. The zero-order valence-corrected chi connectivity index (χ0v) is 12.7. The molecule has 1 aliphatic rings. The molecule has 0 aromatic heterocycles. The van der Waals surface area contributed by atoms with Crippen molar-refractivity contribution in [2.45, 2.75) is 25.6 Å². The maximum Gasteiger partial charge on any atom is 0.110 e. The minimum Gasteiger partial charge on any atom is -0.378 e. The van der Waals surface area contributed by atoms with Crippen LogP contribution in [0, 0.1) is 5.92 Å². The molecular weight excluding hydrogens is 282 g/mol. The van der Waals surface area contributed by atoms with Crippen molar-refractivity contribution in [2.75, 3.05) is 6.54 Å². The van der Waals surface area contributed by atoms with Gasteiger partial charge >= 0.3 is 0 Å². The molecule has 0 aliphatic carbocycles. The second kappa shape index (κ2) is 6.61. The first kappa shape index (κ1) is 14.6. The summed E-state index contributed by atoms with van der Waals surface area (Å²) in [5.74, 6) is 0.284. The Balaban J connectivity index is 1.62. The lowest BCUT2D eigenvalue weighted by Crippen LogP contribution is -2.32. The molecule has 1 fully saturated rings. The van der Waals surface area contributed by atoms with Crippen molar-refractivity contribution in [3.05, 3.63) is 70.7 Å². The first-order valence-corrected chi connectivity index (χ1v) is 7.80. The monoisotopic (exact) mass is 301 g/mol. The van der Waals surface area contributed by atoms with E-state index in [9.17, 15) is 5.11 Å².